The van der Waals surface area contributed by atoms with Gasteiger partial charge in [-0.2, -0.15) is 0 Å². The Balaban J connectivity index is 1.25. The van der Waals surface area contributed by atoms with Crippen LogP contribution in [0, 0.1) is 12.8 Å². The van der Waals surface area contributed by atoms with Crippen molar-refractivity contribution in [1.29, 1.82) is 0 Å². The zero-order valence-electron chi connectivity index (χ0n) is 15.0. The monoisotopic (exact) mass is 356 g/mol. The van der Waals surface area contributed by atoms with Crippen LogP contribution in [0.5, 0.6) is 0 Å². The Morgan fingerprint density at radius 3 is 2.92 bits per heavy atom. The van der Waals surface area contributed by atoms with E-state index in [4.69, 9.17) is 9.26 Å². The van der Waals surface area contributed by atoms with Crippen LogP contribution in [0.3, 0.4) is 0 Å². The second kappa shape index (κ2) is 7.17. The summed E-state index contributed by atoms with van der Waals surface area (Å²) in [6, 6.07) is 5.43. The van der Waals surface area contributed by atoms with E-state index < -0.39 is 0 Å². The molecule has 1 amide bonds. The highest BCUT2D eigenvalue weighted by molar-refractivity contribution is 5.93. The van der Waals surface area contributed by atoms with Gasteiger partial charge in [0.25, 0.3) is 5.91 Å². The summed E-state index contributed by atoms with van der Waals surface area (Å²) in [5, 5.41) is 7.07. The van der Waals surface area contributed by atoms with Gasteiger partial charge >= 0.3 is 0 Å². The van der Waals surface area contributed by atoms with Crippen molar-refractivity contribution < 1.29 is 14.1 Å². The van der Waals surface area contributed by atoms with E-state index in [0.717, 1.165) is 50.5 Å². The average Bonchev–Trinajstić information content (AvgIpc) is 3.22. The summed E-state index contributed by atoms with van der Waals surface area (Å²) in [6.07, 6.45) is 5.26. The van der Waals surface area contributed by atoms with E-state index in [9.17, 15) is 4.79 Å². The Hall–Kier alpha value is -2.25. The summed E-state index contributed by atoms with van der Waals surface area (Å²) in [5.41, 5.74) is 1.56. The molecule has 2 saturated heterocycles. The summed E-state index contributed by atoms with van der Waals surface area (Å²) < 4.78 is 11.2. The molecular weight excluding hydrogens is 332 g/mol. The molecule has 7 nitrogen and oxygen atoms in total. The van der Waals surface area contributed by atoms with Gasteiger partial charge in [-0.15, -0.1) is 0 Å². The lowest BCUT2D eigenvalue weighted by molar-refractivity contribution is -0.137. The molecule has 0 unspecified atom stereocenters. The van der Waals surface area contributed by atoms with Gasteiger partial charge < -0.3 is 14.6 Å². The number of aryl methyl sites for hydroxylation is 1. The lowest BCUT2D eigenvalue weighted by Gasteiger charge is -2.50. The van der Waals surface area contributed by atoms with Crippen molar-refractivity contribution in [2.45, 2.75) is 31.9 Å². The molecule has 0 aromatic carbocycles. The highest BCUT2D eigenvalue weighted by Crippen LogP contribution is 2.41. The van der Waals surface area contributed by atoms with E-state index in [0.29, 0.717) is 18.0 Å². The molecule has 4 heterocycles. The largest absolute Gasteiger partial charge is 0.372 e. The van der Waals surface area contributed by atoms with Crippen LogP contribution in [-0.2, 0) is 11.3 Å². The zero-order valence-corrected chi connectivity index (χ0v) is 15.0. The first kappa shape index (κ1) is 17.2. The molecule has 0 radical (unpaired) electrons. The molecule has 2 aliphatic heterocycles. The average molecular weight is 356 g/mol. The van der Waals surface area contributed by atoms with Crippen LogP contribution in [0.15, 0.2) is 35.1 Å². The molecule has 138 valence electrons. The number of nitrogens with zero attached hydrogens (tertiary/aromatic N) is 3. The van der Waals surface area contributed by atoms with E-state index >= 15 is 0 Å². The lowest BCUT2D eigenvalue weighted by atomic mass is 9.79. The predicted molar refractivity (Wildman–Crippen MR) is 94.5 cm³/mol. The first-order valence-corrected chi connectivity index (χ1v) is 9.11. The van der Waals surface area contributed by atoms with Gasteiger partial charge in [0.15, 0.2) is 0 Å². The smallest absolute Gasteiger partial charge is 0.251 e. The summed E-state index contributed by atoms with van der Waals surface area (Å²) in [4.78, 5) is 18.4. The fourth-order valence-corrected chi connectivity index (χ4v) is 4.05. The Kier molecular flexibility index (Phi) is 4.74. The number of aromatic nitrogens is 2. The third kappa shape index (κ3) is 3.50. The second-order valence-corrected chi connectivity index (χ2v) is 7.25. The molecule has 2 aromatic heterocycles. The van der Waals surface area contributed by atoms with Crippen molar-refractivity contribution in [3.63, 3.8) is 0 Å². The number of ether oxygens (including phenoxy) is 1. The minimum Gasteiger partial charge on any atom is -0.372 e. The topological polar surface area (TPSA) is 80.5 Å². The molecule has 0 bridgehead atoms. The zero-order chi connectivity index (χ0) is 18.0. The fraction of sp³-hybridized carbons (Fsp3) is 0.526. The molecular formula is C19H24N4O3. The molecule has 1 spiro atoms. The molecule has 0 saturated carbocycles. The highest BCUT2D eigenvalue weighted by Gasteiger charge is 2.52. The molecule has 1 atom stereocenters. The number of hydrogen-bond donors (Lipinski definition) is 1. The Morgan fingerprint density at radius 1 is 1.38 bits per heavy atom. The molecule has 0 aliphatic carbocycles. The fourth-order valence-electron chi connectivity index (χ4n) is 4.05. The maximum Gasteiger partial charge on any atom is 0.251 e. The van der Waals surface area contributed by atoms with Gasteiger partial charge in [0.05, 0.1) is 11.3 Å². The lowest BCUT2D eigenvalue weighted by Crippen LogP contribution is -2.64. The summed E-state index contributed by atoms with van der Waals surface area (Å²) in [5.74, 6) is 1.28. The number of rotatable bonds is 6. The highest BCUT2D eigenvalue weighted by atomic mass is 16.5. The quantitative estimate of drug-likeness (QED) is 0.850. The van der Waals surface area contributed by atoms with Crippen LogP contribution in [0.1, 0.15) is 34.7 Å². The number of carbonyl (C=O) groups is 1. The van der Waals surface area contributed by atoms with Gasteiger partial charge in [0.2, 0.25) is 0 Å². The van der Waals surface area contributed by atoms with Gasteiger partial charge in [-0.05, 0) is 37.8 Å². The molecule has 7 heteroatoms. The number of pyridine rings is 1. The number of amides is 1. The third-order valence-electron chi connectivity index (χ3n) is 5.37. The van der Waals surface area contributed by atoms with Crippen LogP contribution in [0.25, 0.3) is 0 Å². The van der Waals surface area contributed by atoms with Crippen LogP contribution < -0.4 is 5.32 Å². The number of carbonyl (C=O) groups excluding carboxylic acids is 1. The molecule has 2 fully saturated rings. The first-order chi connectivity index (χ1) is 12.6. The van der Waals surface area contributed by atoms with E-state index in [2.05, 4.69) is 20.4 Å². The Morgan fingerprint density at radius 2 is 2.19 bits per heavy atom. The van der Waals surface area contributed by atoms with Gasteiger partial charge in [-0.3, -0.25) is 14.7 Å². The molecule has 26 heavy (non-hydrogen) atoms. The van der Waals surface area contributed by atoms with E-state index in [1.807, 2.05) is 13.0 Å². The maximum absolute atomic E-state index is 12.1. The SMILES string of the molecule is Cc1cc(CN2CC3(C2)OCC[C@@H]3CCNC(=O)c2ccncc2)no1. The molecule has 4 rings (SSSR count). The predicted octanol–water partition coefficient (Wildman–Crippen LogP) is 1.79. The molecule has 2 aliphatic rings. The Bertz CT molecular complexity index is 755. The normalized spacial score (nSPS) is 21.7. The van der Waals surface area contributed by atoms with Crippen molar-refractivity contribution in [2.75, 3.05) is 26.2 Å². The summed E-state index contributed by atoms with van der Waals surface area (Å²) in [7, 11) is 0. The van der Waals surface area contributed by atoms with Gasteiger partial charge in [0, 0.05) is 56.8 Å². The Labute approximate surface area is 152 Å². The van der Waals surface area contributed by atoms with Crippen molar-refractivity contribution >= 4 is 5.91 Å². The second-order valence-electron chi connectivity index (χ2n) is 7.25. The van der Waals surface area contributed by atoms with Crippen LogP contribution in [0.4, 0.5) is 0 Å². The van der Waals surface area contributed by atoms with Crippen molar-refractivity contribution in [3.05, 3.63) is 47.6 Å². The van der Waals surface area contributed by atoms with Crippen molar-refractivity contribution in [2.24, 2.45) is 5.92 Å². The summed E-state index contributed by atoms with van der Waals surface area (Å²) in [6.45, 7) is 6.02. The standard InChI is InChI=1S/C19H24N4O3/c1-14-10-17(22-26-14)11-23-12-19(13-23)16(5-9-25-19)4-8-21-18(24)15-2-6-20-7-3-15/h2-3,6-7,10,16H,4-5,8-9,11-13H2,1H3,(H,21,24)/t16-/m0/s1. The van der Waals surface area contributed by atoms with E-state index in [-0.39, 0.29) is 11.5 Å². The van der Waals surface area contributed by atoms with Crippen LogP contribution >= 0.6 is 0 Å². The first-order valence-electron chi connectivity index (χ1n) is 9.11. The minimum atomic E-state index is -0.0554. The van der Waals surface area contributed by atoms with Gasteiger partial charge in [-0.1, -0.05) is 5.16 Å². The van der Waals surface area contributed by atoms with Crippen molar-refractivity contribution in [1.82, 2.24) is 20.4 Å². The number of likely N-dealkylation sites (tertiary alicyclic amines) is 1. The minimum absolute atomic E-state index is 0.0444. The number of hydrogen-bond acceptors (Lipinski definition) is 6. The van der Waals surface area contributed by atoms with Gasteiger partial charge in [-0.25, -0.2) is 0 Å². The van der Waals surface area contributed by atoms with E-state index in [1.54, 1.807) is 24.5 Å². The molecule has 1 N–H and O–H groups in total. The van der Waals surface area contributed by atoms with E-state index in [1.165, 1.54) is 0 Å². The maximum atomic E-state index is 12.1. The van der Waals surface area contributed by atoms with Crippen LogP contribution in [0.2, 0.25) is 0 Å². The third-order valence-corrected chi connectivity index (χ3v) is 5.37. The number of nitrogens with one attached hydrogen (secondary N) is 1. The van der Waals surface area contributed by atoms with Crippen molar-refractivity contribution in [3.8, 4) is 0 Å². The summed E-state index contributed by atoms with van der Waals surface area (Å²) >= 11 is 0. The van der Waals surface area contributed by atoms with Gasteiger partial charge in [0.1, 0.15) is 5.76 Å². The van der Waals surface area contributed by atoms with Crippen LogP contribution in [-0.4, -0.2) is 52.8 Å². The molecule has 2 aromatic rings.